The van der Waals surface area contributed by atoms with E-state index >= 15 is 0 Å². The summed E-state index contributed by atoms with van der Waals surface area (Å²) in [6.07, 6.45) is 1.94. The molecule has 6 heteroatoms. The first-order chi connectivity index (χ1) is 13.5. The number of rotatable bonds is 3. The summed E-state index contributed by atoms with van der Waals surface area (Å²) in [5.41, 5.74) is 8.62. The number of aromatic nitrogens is 1. The van der Waals surface area contributed by atoms with E-state index in [1.807, 2.05) is 32.0 Å². The second-order valence-electron chi connectivity index (χ2n) is 7.56. The van der Waals surface area contributed by atoms with Gasteiger partial charge in [0, 0.05) is 47.2 Å². The molecule has 1 fully saturated rings. The van der Waals surface area contributed by atoms with Gasteiger partial charge < -0.3 is 20.4 Å². The molecule has 1 aromatic heterocycles. The van der Waals surface area contributed by atoms with Crippen molar-refractivity contribution in [3.8, 4) is 0 Å². The van der Waals surface area contributed by atoms with E-state index in [4.69, 9.17) is 10.5 Å². The first-order valence-corrected chi connectivity index (χ1v) is 9.80. The molecule has 1 aliphatic rings. The summed E-state index contributed by atoms with van der Waals surface area (Å²) in [6.45, 7) is 5.43. The van der Waals surface area contributed by atoms with E-state index in [1.165, 1.54) is 10.9 Å². The zero-order chi connectivity index (χ0) is 19.7. The molecule has 3 N–H and O–H groups in total. The quantitative estimate of drug-likeness (QED) is 0.539. The van der Waals surface area contributed by atoms with Crippen LogP contribution >= 0.6 is 0 Å². The van der Waals surface area contributed by atoms with E-state index in [9.17, 15) is 4.79 Å². The molecule has 1 amide bonds. The molecule has 0 radical (unpaired) electrons. The second kappa shape index (κ2) is 7.64. The smallest absolute Gasteiger partial charge is 0.280 e. The minimum Gasteiger partial charge on any atom is -0.381 e. The van der Waals surface area contributed by atoms with Crippen LogP contribution < -0.4 is 11.1 Å². The van der Waals surface area contributed by atoms with Crippen molar-refractivity contribution < 1.29 is 9.53 Å². The van der Waals surface area contributed by atoms with Crippen LogP contribution in [0.5, 0.6) is 0 Å². The van der Waals surface area contributed by atoms with Gasteiger partial charge in [0.15, 0.2) is 5.96 Å². The SMILES string of the molecule is CC(C)N/C(N)=N\C(=O)c1ccc2c3ccccc3n(C3CCOCC3)c2c1. The molecule has 28 heavy (non-hydrogen) atoms. The number of nitrogens with zero attached hydrogens (tertiary/aromatic N) is 2. The minimum absolute atomic E-state index is 0.120. The predicted molar refractivity (Wildman–Crippen MR) is 113 cm³/mol. The standard InChI is InChI=1S/C22H26N4O2/c1-14(2)24-22(23)25-21(27)15-7-8-18-17-5-3-4-6-19(17)26(20(18)13-15)16-9-11-28-12-10-16/h3-8,13-14,16H,9-12H2,1-2H3,(H3,23,24,25,27). The number of amides is 1. The van der Waals surface area contributed by atoms with Gasteiger partial charge >= 0.3 is 0 Å². The van der Waals surface area contributed by atoms with Gasteiger partial charge in [0.2, 0.25) is 0 Å². The summed E-state index contributed by atoms with van der Waals surface area (Å²) >= 11 is 0. The van der Waals surface area contributed by atoms with Crippen LogP contribution in [0.3, 0.4) is 0 Å². The molecule has 2 aromatic carbocycles. The number of fused-ring (bicyclic) bond motifs is 3. The molecule has 2 heterocycles. The number of guanidine groups is 1. The molecule has 0 bridgehead atoms. The number of para-hydroxylation sites is 1. The van der Waals surface area contributed by atoms with Crippen molar-refractivity contribution in [1.29, 1.82) is 0 Å². The fourth-order valence-electron chi connectivity index (χ4n) is 3.97. The van der Waals surface area contributed by atoms with Crippen LogP contribution in [0.1, 0.15) is 43.1 Å². The number of ether oxygens (including phenoxy) is 1. The average molecular weight is 378 g/mol. The zero-order valence-electron chi connectivity index (χ0n) is 16.3. The Morgan fingerprint density at radius 3 is 2.61 bits per heavy atom. The maximum atomic E-state index is 12.6. The molecule has 3 aromatic rings. The number of hydrogen-bond donors (Lipinski definition) is 2. The van der Waals surface area contributed by atoms with Crippen molar-refractivity contribution in [3.63, 3.8) is 0 Å². The molecule has 6 nitrogen and oxygen atoms in total. The Balaban J connectivity index is 1.82. The molecule has 0 spiro atoms. The van der Waals surface area contributed by atoms with Crippen LogP contribution in [0.15, 0.2) is 47.5 Å². The molecule has 0 unspecified atom stereocenters. The van der Waals surface area contributed by atoms with Gasteiger partial charge in [-0.3, -0.25) is 4.79 Å². The van der Waals surface area contributed by atoms with Crippen LogP contribution in [0.25, 0.3) is 21.8 Å². The van der Waals surface area contributed by atoms with Crippen LogP contribution in [0.2, 0.25) is 0 Å². The lowest BCUT2D eigenvalue weighted by Gasteiger charge is -2.25. The summed E-state index contributed by atoms with van der Waals surface area (Å²) in [6, 6.07) is 14.7. The number of nitrogens with two attached hydrogens (primary N) is 1. The second-order valence-corrected chi connectivity index (χ2v) is 7.56. The highest BCUT2D eigenvalue weighted by atomic mass is 16.5. The molecule has 146 valence electrons. The first-order valence-electron chi connectivity index (χ1n) is 9.80. The Bertz CT molecular complexity index is 1050. The summed E-state index contributed by atoms with van der Waals surface area (Å²) in [5, 5.41) is 5.30. The molecule has 4 rings (SSSR count). The lowest BCUT2D eigenvalue weighted by molar-refractivity contribution is 0.0717. The van der Waals surface area contributed by atoms with E-state index in [2.05, 4.69) is 39.1 Å². The van der Waals surface area contributed by atoms with Gasteiger partial charge in [0.25, 0.3) is 5.91 Å². The molecular weight excluding hydrogens is 352 g/mol. The third kappa shape index (κ3) is 3.47. The Labute approximate surface area is 164 Å². The van der Waals surface area contributed by atoms with E-state index in [-0.39, 0.29) is 17.9 Å². The van der Waals surface area contributed by atoms with Gasteiger partial charge in [0.1, 0.15) is 0 Å². The molecule has 0 aliphatic carbocycles. The van der Waals surface area contributed by atoms with Gasteiger partial charge in [-0.2, -0.15) is 4.99 Å². The van der Waals surface area contributed by atoms with E-state index < -0.39 is 0 Å². The maximum Gasteiger partial charge on any atom is 0.280 e. The van der Waals surface area contributed by atoms with Crippen molar-refractivity contribution in [1.82, 2.24) is 9.88 Å². The summed E-state index contributed by atoms with van der Waals surface area (Å²) in [7, 11) is 0. The Hall–Kier alpha value is -2.86. The number of aliphatic imine (C=N–C) groups is 1. The topological polar surface area (TPSA) is 81.6 Å². The van der Waals surface area contributed by atoms with E-state index in [0.29, 0.717) is 11.6 Å². The lowest BCUT2D eigenvalue weighted by Crippen LogP contribution is -2.37. The van der Waals surface area contributed by atoms with Crippen molar-refractivity contribution in [3.05, 3.63) is 48.0 Å². The third-order valence-electron chi connectivity index (χ3n) is 5.17. The van der Waals surface area contributed by atoms with Gasteiger partial charge in [-0.1, -0.05) is 24.3 Å². The first kappa shape index (κ1) is 18.5. The number of carbonyl (C=O) groups is 1. The highest BCUT2D eigenvalue weighted by molar-refractivity contribution is 6.11. The van der Waals surface area contributed by atoms with Crippen LogP contribution in [0, 0.1) is 0 Å². The fraction of sp³-hybridized carbons (Fsp3) is 0.364. The average Bonchev–Trinajstić information content (AvgIpc) is 3.01. The number of benzene rings is 2. The third-order valence-corrected chi connectivity index (χ3v) is 5.17. The molecule has 1 saturated heterocycles. The van der Waals surface area contributed by atoms with Crippen molar-refractivity contribution in [2.24, 2.45) is 10.7 Å². The Kier molecular flexibility index (Phi) is 5.05. The maximum absolute atomic E-state index is 12.6. The van der Waals surface area contributed by atoms with Crippen LogP contribution in [0.4, 0.5) is 0 Å². The largest absolute Gasteiger partial charge is 0.381 e. The fourth-order valence-corrected chi connectivity index (χ4v) is 3.97. The van der Waals surface area contributed by atoms with Crippen molar-refractivity contribution in [2.75, 3.05) is 13.2 Å². The highest BCUT2D eigenvalue weighted by Crippen LogP contribution is 2.35. The van der Waals surface area contributed by atoms with Crippen LogP contribution in [-0.2, 0) is 4.74 Å². The molecule has 0 atom stereocenters. The Morgan fingerprint density at radius 1 is 1.14 bits per heavy atom. The van der Waals surface area contributed by atoms with E-state index in [1.54, 1.807) is 0 Å². The van der Waals surface area contributed by atoms with Gasteiger partial charge in [-0.25, -0.2) is 0 Å². The zero-order valence-corrected chi connectivity index (χ0v) is 16.3. The molecular formula is C22H26N4O2. The summed E-state index contributed by atoms with van der Waals surface area (Å²) in [4.78, 5) is 16.7. The van der Waals surface area contributed by atoms with Gasteiger partial charge in [-0.05, 0) is 44.9 Å². The lowest BCUT2D eigenvalue weighted by atomic mass is 10.1. The van der Waals surface area contributed by atoms with Gasteiger partial charge in [-0.15, -0.1) is 0 Å². The summed E-state index contributed by atoms with van der Waals surface area (Å²) < 4.78 is 7.92. The summed E-state index contributed by atoms with van der Waals surface area (Å²) in [5.74, 6) is -0.193. The minimum atomic E-state index is -0.337. The monoisotopic (exact) mass is 378 g/mol. The Morgan fingerprint density at radius 2 is 1.86 bits per heavy atom. The van der Waals surface area contributed by atoms with E-state index in [0.717, 1.165) is 37.0 Å². The molecule has 0 saturated carbocycles. The van der Waals surface area contributed by atoms with Crippen molar-refractivity contribution in [2.45, 2.75) is 38.8 Å². The highest BCUT2D eigenvalue weighted by Gasteiger charge is 2.21. The normalized spacial score (nSPS) is 16.2. The van der Waals surface area contributed by atoms with Gasteiger partial charge in [0.05, 0.1) is 5.52 Å². The number of carbonyl (C=O) groups excluding carboxylic acids is 1. The molecule has 1 aliphatic heterocycles. The van der Waals surface area contributed by atoms with Crippen molar-refractivity contribution >= 4 is 33.7 Å². The number of hydrogen-bond acceptors (Lipinski definition) is 2. The predicted octanol–water partition coefficient (Wildman–Crippen LogP) is 3.60. The van der Waals surface area contributed by atoms with Crippen LogP contribution in [-0.4, -0.2) is 35.7 Å². The number of nitrogens with one attached hydrogen (secondary N) is 1.